The maximum atomic E-state index is 5.92. The summed E-state index contributed by atoms with van der Waals surface area (Å²) in [5.41, 5.74) is 1.19. The number of nitrogens with one attached hydrogen (secondary N) is 1. The van der Waals surface area contributed by atoms with E-state index < -0.39 is 0 Å². The molecule has 0 aliphatic heterocycles. The summed E-state index contributed by atoms with van der Waals surface area (Å²) in [4.78, 5) is 0. The Morgan fingerprint density at radius 2 is 2.21 bits per heavy atom. The highest BCUT2D eigenvalue weighted by atomic mass is 16.5. The quantitative estimate of drug-likeness (QED) is 0.864. The van der Waals surface area contributed by atoms with Crippen LogP contribution < -0.4 is 10.1 Å². The molecule has 1 aliphatic rings. The number of aryl methyl sites for hydroxylation is 1. The van der Waals surface area contributed by atoms with Crippen molar-refractivity contribution in [2.75, 3.05) is 0 Å². The highest BCUT2D eigenvalue weighted by molar-refractivity contribution is 5.36. The summed E-state index contributed by atoms with van der Waals surface area (Å²) in [5, 5.41) is 7.74. The number of para-hydroxylation sites is 1. The fourth-order valence-corrected chi connectivity index (χ4v) is 1.99. The van der Waals surface area contributed by atoms with Crippen molar-refractivity contribution in [2.24, 2.45) is 0 Å². The van der Waals surface area contributed by atoms with E-state index in [1.54, 1.807) is 6.20 Å². The third-order valence-corrected chi connectivity index (χ3v) is 3.29. The van der Waals surface area contributed by atoms with Gasteiger partial charge in [-0.2, -0.15) is 5.10 Å². The van der Waals surface area contributed by atoms with Crippen LogP contribution in [0.15, 0.2) is 36.7 Å². The first-order valence-corrected chi connectivity index (χ1v) is 6.86. The normalized spacial score (nSPS) is 14.6. The molecule has 2 aromatic rings. The molecule has 0 radical (unpaired) electrons. The lowest BCUT2D eigenvalue weighted by atomic mass is 10.2. The van der Waals surface area contributed by atoms with Gasteiger partial charge in [-0.3, -0.25) is 4.68 Å². The summed E-state index contributed by atoms with van der Waals surface area (Å²) in [6.45, 7) is 3.78. The number of benzene rings is 1. The molecular formula is C15H19N3O. The van der Waals surface area contributed by atoms with E-state index in [1.807, 2.05) is 29.1 Å². The van der Waals surface area contributed by atoms with Crippen molar-refractivity contribution in [3.8, 4) is 11.5 Å². The molecule has 0 saturated heterocycles. The predicted octanol–water partition coefficient (Wildman–Crippen LogP) is 2.95. The number of aromatic nitrogens is 2. The van der Waals surface area contributed by atoms with Gasteiger partial charge in [0.2, 0.25) is 0 Å². The zero-order chi connectivity index (χ0) is 13.1. The van der Waals surface area contributed by atoms with Gasteiger partial charge >= 0.3 is 0 Å². The summed E-state index contributed by atoms with van der Waals surface area (Å²) >= 11 is 0. The summed E-state index contributed by atoms with van der Waals surface area (Å²) in [7, 11) is 0. The van der Waals surface area contributed by atoms with Crippen LogP contribution in [-0.2, 0) is 13.1 Å². The number of nitrogens with zero attached hydrogens (tertiary/aromatic N) is 2. The molecule has 1 aromatic carbocycles. The zero-order valence-corrected chi connectivity index (χ0v) is 11.2. The van der Waals surface area contributed by atoms with E-state index in [2.05, 4.69) is 23.4 Å². The van der Waals surface area contributed by atoms with Crippen molar-refractivity contribution in [2.45, 2.75) is 38.9 Å². The second kappa shape index (κ2) is 5.45. The SMILES string of the molecule is CCn1cc(Oc2ccccc2CNC2CC2)cn1. The summed E-state index contributed by atoms with van der Waals surface area (Å²) in [6.07, 6.45) is 6.28. The Labute approximate surface area is 113 Å². The van der Waals surface area contributed by atoms with E-state index >= 15 is 0 Å². The molecule has 0 amide bonds. The minimum atomic E-state index is 0.705. The molecule has 100 valence electrons. The summed E-state index contributed by atoms with van der Waals surface area (Å²) in [6, 6.07) is 8.87. The van der Waals surface area contributed by atoms with Gasteiger partial charge in [-0.05, 0) is 25.8 Å². The molecule has 4 nitrogen and oxygen atoms in total. The molecule has 0 unspecified atom stereocenters. The van der Waals surface area contributed by atoms with E-state index in [1.165, 1.54) is 18.4 Å². The highest BCUT2D eigenvalue weighted by Crippen LogP contribution is 2.26. The van der Waals surface area contributed by atoms with Gasteiger partial charge < -0.3 is 10.1 Å². The van der Waals surface area contributed by atoms with Crippen LogP contribution in [0.5, 0.6) is 11.5 Å². The van der Waals surface area contributed by atoms with Crippen molar-refractivity contribution in [3.05, 3.63) is 42.2 Å². The molecule has 1 fully saturated rings. The molecule has 0 spiro atoms. The Balaban J connectivity index is 1.71. The monoisotopic (exact) mass is 257 g/mol. The summed E-state index contributed by atoms with van der Waals surface area (Å²) < 4.78 is 7.78. The Kier molecular flexibility index (Phi) is 3.51. The lowest BCUT2D eigenvalue weighted by molar-refractivity contribution is 0.471. The maximum absolute atomic E-state index is 5.92. The number of rotatable bonds is 6. The second-order valence-corrected chi connectivity index (χ2v) is 4.90. The molecular weight excluding hydrogens is 238 g/mol. The molecule has 3 rings (SSSR count). The van der Waals surface area contributed by atoms with Crippen molar-refractivity contribution >= 4 is 0 Å². The van der Waals surface area contributed by atoms with E-state index in [0.29, 0.717) is 6.04 Å². The molecule has 0 bridgehead atoms. The lowest BCUT2D eigenvalue weighted by Crippen LogP contribution is -2.15. The van der Waals surface area contributed by atoms with Crippen LogP contribution in [0.2, 0.25) is 0 Å². The van der Waals surface area contributed by atoms with Crippen LogP contribution in [0.25, 0.3) is 0 Å². The molecule has 1 aromatic heterocycles. The second-order valence-electron chi connectivity index (χ2n) is 4.90. The highest BCUT2D eigenvalue weighted by Gasteiger charge is 2.20. The van der Waals surface area contributed by atoms with Crippen LogP contribution in [0.4, 0.5) is 0 Å². The average Bonchev–Trinajstić information content (AvgIpc) is 3.16. The smallest absolute Gasteiger partial charge is 0.165 e. The third kappa shape index (κ3) is 3.15. The largest absolute Gasteiger partial charge is 0.454 e. The standard InChI is InChI=1S/C15H19N3O/c1-2-18-11-14(10-17-18)19-15-6-4-3-5-12(15)9-16-13-7-8-13/h3-6,10-11,13,16H,2,7-9H2,1H3. The summed E-state index contributed by atoms with van der Waals surface area (Å²) in [5.74, 6) is 1.70. The predicted molar refractivity (Wildman–Crippen MR) is 74.3 cm³/mol. The third-order valence-electron chi connectivity index (χ3n) is 3.29. The van der Waals surface area contributed by atoms with Gasteiger partial charge in [0, 0.05) is 24.7 Å². The molecule has 1 saturated carbocycles. The van der Waals surface area contributed by atoms with Crippen LogP contribution in [-0.4, -0.2) is 15.8 Å². The average molecular weight is 257 g/mol. The van der Waals surface area contributed by atoms with E-state index in [4.69, 9.17) is 4.74 Å². The van der Waals surface area contributed by atoms with Crippen LogP contribution in [0.3, 0.4) is 0 Å². The number of hydrogen-bond donors (Lipinski definition) is 1. The first-order chi connectivity index (χ1) is 9.35. The number of ether oxygens (including phenoxy) is 1. The number of hydrogen-bond acceptors (Lipinski definition) is 3. The Morgan fingerprint density at radius 3 is 2.95 bits per heavy atom. The Hall–Kier alpha value is -1.81. The van der Waals surface area contributed by atoms with Crippen LogP contribution in [0, 0.1) is 0 Å². The molecule has 1 aliphatic carbocycles. The molecule has 1 heterocycles. The van der Waals surface area contributed by atoms with Crippen LogP contribution >= 0.6 is 0 Å². The molecule has 1 N–H and O–H groups in total. The van der Waals surface area contributed by atoms with Gasteiger partial charge in [0.15, 0.2) is 5.75 Å². The van der Waals surface area contributed by atoms with E-state index in [9.17, 15) is 0 Å². The van der Waals surface area contributed by atoms with E-state index in [-0.39, 0.29) is 0 Å². The maximum Gasteiger partial charge on any atom is 0.165 e. The molecule has 19 heavy (non-hydrogen) atoms. The van der Waals surface area contributed by atoms with Gasteiger partial charge in [0.1, 0.15) is 5.75 Å². The topological polar surface area (TPSA) is 39.1 Å². The van der Waals surface area contributed by atoms with Crippen LogP contribution in [0.1, 0.15) is 25.3 Å². The van der Waals surface area contributed by atoms with Crippen molar-refractivity contribution < 1.29 is 4.74 Å². The minimum Gasteiger partial charge on any atom is -0.454 e. The van der Waals surface area contributed by atoms with E-state index in [0.717, 1.165) is 24.6 Å². The Bertz CT molecular complexity index is 546. The van der Waals surface area contributed by atoms with Gasteiger partial charge in [-0.25, -0.2) is 0 Å². The fourth-order valence-electron chi connectivity index (χ4n) is 1.99. The van der Waals surface area contributed by atoms with Crippen molar-refractivity contribution in [1.82, 2.24) is 15.1 Å². The fraction of sp³-hybridized carbons (Fsp3) is 0.400. The first-order valence-electron chi connectivity index (χ1n) is 6.86. The molecule has 0 atom stereocenters. The van der Waals surface area contributed by atoms with Gasteiger partial charge in [0.05, 0.1) is 12.4 Å². The zero-order valence-electron chi connectivity index (χ0n) is 11.2. The lowest BCUT2D eigenvalue weighted by Gasteiger charge is -2.10. The van der Waals surface area contributed by atoms with Crippen molar-refractivity contribution in [3.63, 3.8) is 0 Å². The van der Waals surface area contributed by atoms with Gasteiger partial charge in [0.25, 0.3) is 0 Å². The Morgan fingerprint density at radius 1 is 1.37 bits per heavy atom. The van der Waals surface area contributed by atoms with Crippen molar-refractivity contribution in [1.29, 1.82) is 0 Å². The minimum absolute atomic E-state index is 0.705. The van der Waals surface area contributed by atoms with Gasteiger partial charge in [-0.1, -0.05) is 18.2 Å². The molecule has 4 heteroatoms. The van der Waals surface area contributed by atoms with Gasteiger partial charge in [-0.15, -0.1) is 0 Å². The first kappa shape index (κ1) is 12.2.